The zero-order valence-corrected chi connectivity index (χ0v) is 22.3. The van der Waals surface area contributed by atoms with Gasteiger partial charge < -0.3 is 25.3 Å². The molecule has 0 bridgehead atoms. The highest BCUT2D eigenvalue weighted by molar-refractivity contribution is 6.33. The predicted molar refractivity (Wildman–Crippen MR) is 144 cm³/mol. The number of primary amides is 1. The lowest BCUT2D eigenvalue weighted by atomic mass is 9.82. The van der Waals surface area contributed by atoms with Gasteiger partial charge in [0, 0.05) is 35.9 Å². The number of pyridine rings is 2. The molecule has 12 heteroatoms. The normalized spacial score (nSPS) is 24.6. The van der Waals surface area contributed by atoms with Crippen molar-refractivity contribution in [2.24, 2.45) is 5.73 Å². The van der Waals surface area contributed by atoms with Crippen molar-refractivity contribution in [3.63, 3.8) is 0 Å². The lowest BCUT2D eigenvalue weighted by Crippen LogP contribution is -2.44. The van der Waals surface area contributed by atoms with Gasteiger partial charge in [0.25, 0.3) is 5.91 Å². The molecule has 2 amide bonds. The molecule has 3 aromatic heterocycles. The molecule has 0 saturated heterocycles. The number of fused-ring (bicyclic) bond motifs is 2. The molecule has 4 heterocycles. The number of rotatable bonds is 7. The van der Waals surface area contributed by atoms with E-state index < -0.39 is 41.4 Å². The third-order valence-corrected chi connectivity index (χ3v) is 8.51. The largest absolute Gasteiger partial charge is 0.489 e. The zero-order chi connectivity index (χ0) is 28.7. The second-order valence-electron chi connectivity index (χ2n) is 11.0. The van der Waals surface area contributed by atoms with Crippen molar-refractivity contribution >= 4 is 29.1 Å². The Morgan fingerprint density at radius 3 is 2.63 bits per heavy atom. The summed E-state index contributed by atoms with van der Waals surface area (Å²) < 4.78 is 35.4. The SMILES string of the molecule is NC(=O)[C@@]1(CF)COc2c1cc([C@]1(O)CC1NC(=O)c1cc(Cl)c3nc(C4CC4)cn3c1)nc2-c1ccc(F)cc1. The van der Waals surface area contributed by atoms with Crippen LogP contribution in [-0.4, -0.2) is 50.6 Å². The first-order valence-electron chi connectivity index (χ1n) is 13.1. The number of alkyl halides is 1. The average molecular weight is 580 g/mol. The Labute approximate surface area is 237 Å². The molecule has 2 fully saturated rings. The summed E-state index contributed by atoms with van der Waals surface area (Å²) in [7, 11) is 0. The number of hydrogen-bond donors (Lipinski definition) is 3. The Morgan fingerprint density at radius 1 is 1.20 bits per heavy atom. The van der Waals surface area contributed by atoms with Crippen molar-refractivity contribution in [3.05, 3.63) is 82.1 Å². The molecule has 4 N–H and O–H groups in total. The number of carbonyl (C=O) groups excluding carboxylic acids is 2. The van der Waals surface area contributed by atoms with E-state index in [0.29, 0.717) is 22.2 Å². The minimum Gasteiger partial charge on any atom is -0.489 e. The number of imidazole rings is 1. The van der Waals surface area contributed by atoms with Gasteiger partial charge in [-0.1, -0.05) is 11.6 Å². The van der Waals surface area contributed by atoms with E-state index in [-0.39, 0.29) is 41.3 Å². The van der Waals surface area contributed by atoms with Gasteiger partial charge in [0.2, 0.25) is 5.91 Å². The number of amides is 2. The molecule has 0 spiro atoms. The van der Waals surface area contributed by atoms with Crippen LogP contribution < -0.4 is 15.8 Å². The Morgan fingerprint density at radius 2 is 1.95 bits per heavy atom. The van der Waals surface area contributed by atoms with E-state index in [2.05, 4.69) is 15.3 Å². The van der Waals surface area contributed by atoms with E-state index in [9.17, 15) is 23.5 Å². The number of aromatic nitrogens is 3. The molecule has 7 rings (SSSR count). The summed E-state index contributed by atoms with van der Waals surface area (Å²) >= 11 is 6.43. The van der Waals surface area contributed by atoms with Crippen LogP contribution in [0.1, 0.15) is 52.5 Å². The maximum absolute atomic E-state index is 14.4. The third kappa shape index (κ3) is 4.06. The molecule has 2 aliphatic carbocycles. The van der Waals surface area contributed by atoms with Gasteiger partial charge in [0.05, 0.1) is 28.0 Å². The van der Waals surface area contributed by atoms with Crippen LogP contribution in [0.2, 0.25) is 5.02 Å². The Hall–Kier alpha value is -4.09. The van der Waals surface area contributed by atoms with Crippen LogP contribution in [0.5, 0.6) is 5.75 Å². The fraction of sp³-hybridized carbons (Fsp3) is 0.310. The van der Waals surface area contributed by atoms with Crippen molar-refractivity contribution in [1.82, 2.24) is 19.7 Å². The molecule has 9 nitrogen and oxygen atoms in total. The summed E-state index contributed by atoms with van der Waals surface area (Å²) in [5.74, 6) is -1.31. The molecule has 0 radical (unpaired) electrons. The fourth-order valence-electron chi connectivity index (χ4n) is 5.44. The summed E-state index contributed by atoms with van der Waals surface area (Å²) in [6, 6.07) is 7.57. The monoisotopic (exact) mass is 579 g/mol. The lowest BCUT2D eigenvalue weighted by Gasteiger charge is -2.22. The average Bonchev–Trinajstić information content (AvgIpc) is 3.82. The number of ether oxygens (including phenoxy) is 1. The van der Waals surface area contributed by atoms with Crippen LogP contribution >= 0.6 is 11.6 Å². The quantitative estimate of drug-likeness (QED) is 0.307. The molecule has 210 valence electrons. The molecule has 3 aliphatic rings. The number of carbonyl (C=O) groups is 2. The highest BCUT2D eigenvalue weighted by atomic mass is 35.5. The topological polar surface area (TPSA) is 132 Å². The van der Waals surface area contributed by atoms with E-state index in [1.54, 1.807) is 10.6 Å². The Kier molecular flexibility index (Phi) is 5.65. The van der Waals surface area contributed by atoms with Crippen molar-refractivity contribution in [2.45, 2.75) is 42.2 Å². The van der Waals surface area contributed by atoms with Crippen molar-refractivity contribution in [1.29, 1.82) is 0 Å². The van der Waals surface area contributed by atoms with Crippen LogP contribution in [0, 0.1) is 5.82 Å². The number of hydrogen-bond acceptors (Lipinski definition) is 6. The minimum absolute atomic E-state index is 0.0996. The van der Waals surface area contributed by atoms with E-state index in [4.69, 9.17) is 22.1 Å². The second kappa shape index (κ2) is 8.95. The number of aliphatic hydroxyl groups is 1. The summed E-state index contributed by atoms with van der Waals surface area (Å²) in [4.78, 5) is 34.8. The van der Waals surface area contributed by atoms with Crippen molar-refractivity contribution in [3.8, 4) is 17.0 Å². The van der Waals surface area contributed by atoms with Gasteiger partial charge in [0.15, 0.2) is 5.65 Å². The maximum Gasteiger partial charge on any atom is 0.253 e. The molecular formula is C29H24ClF2N5O4. The van der Waals surface area contributed by atoms with Gasteiger partial charge in [-0.05, 0) is 49.2 Å². The predicted octanol–water partition coefficient (Wildman–Crippen LogP) is 3.54. The molecule has 3 atom stereocenters. The number of nitrogens with zero attached hydrogens (tertiary/aromatic N) is 3. The van der Waals surface area contributed by atoms with Gasteiger partial charge in [-0.3, -0.25) is 9.59 Å². The van der Waals surface area contributed by atoms with Crippen LogP contribution in [-0.2, 0) is 15.8 Å². The van der Waals surface area contributed by atoms with Gasteiger partial charge in [-0.2, -0.15) is 0 Å². The molecule has 1 aliphatic heterocycles. The van der Waals surface area contributed by atoms with Gasteiger partial charge in [-0.15, -0.1) is 0 Å². The van der Waals surface area contributed by atoms with E-state index in [0.717, 1.165) is 18.5 Å². The molecule has 2 saturated carbocycles. The Bertz CT molecular complexity index is 1760. The zero-order valence-electron chi connectivity index (χ0n) is 21.5. The van der Waals surface area contributed by atoms with Crippen LogP contribution in [0.4, 0.5) is 8.78 Å². The van der Waals surface area contributed by atoms with Crippen molar-refractivity contribution < 1.29 is 28.2 Å². The van der Waals surface area contributed by atoms with Crippen LogP contribution in [0.15, 0.2) is 48.8 Å². The van der Waals surface area contributed by atoms with E-state index in [1.807, 2.05) is 6.20 Å². The van der Waals surface area contributed by atoms with Gasteiger partial charge in [-0.25, -0.2) is 18.7 Å². The summed E-state index contributed by atoms with van der Waals surface area (Å²) in [5.41, 5.74) is 4.87. The highest BCUT2D eigenvalue weighted by Gasteiger charge is 2.58. The first-order valence-corrected chi connectivity index (χ1v) is 13.5. The van der Waals surface area contributed by atoms with Crippen LogP contribution in [0.3, 0.4) is 0 Å². The third-order valence-electron chi connectivity index (χ3n) is 8.23. The maximum atomic E-state index is 14.4. The second-order valence-corrected chi connectivity index (χ2v) is 11.4. The summed E-state index contributed by atoms with van der Waals surface area (Å²) in [6.45, 7) is -1.47. The summed E-state index contributed by atoms with van der Waals surface area (Å²) in [6.07, 6.45) is 5.77. The Balaban J connectivity index is 1.22. The van der Waals surface area contributed by atoms with Gasteiger partial charge in [0.1, 0.15) is 41.6 Å². The molecule has 4 aromatic rings. The molecule has 1 unspecified atom stereocenters. The molecular weight excluding hydrogens is 556 g/mol. The smallest absolute Gasteiger partial charge is 0.253 e. The number of nitrogens with two attached hydrogens (primary N) is 1. The fourth-order valence-corrected chi connectivity index (χ4v) is 5.69. The summed E-state index contributed by atoms with van der Waals surface area (Å²) in [5, 5.41) is 14.7. The highest BCUT2D eigenvalue weighted by Crippen LogP contribution is 2.51. The first kappa shape index (κ1) is 25.8. The molecule has 41 heavy (non-hydrogen) atoms. The number of benzene rings is 1. The standard InChI is InChI=1S/C29H24ClF2N5O4/c30-19-7-16(10-37-11-20(14-1-2-14)34-25(19)37)26(38)36-22-9-29(22,40)21-8-18-24(41-13-28(18,12-31)27(33)39)23(35-21)15-3-5-17(32)6-4-15/h3-8,10-11,14,22,40H,1-2,9,12-13H2,(H2,33,39)(H,36,38)/t22?,28-,29+/m0/s1. The van der Waals surface area contributed by atoms with E-state index >= 15 is 0 Å². The van der Waals surface area contributed by atoms with Crippen molar-refractivity contribution in [2.75, 3.05) is 13.3 Å². The number of halogens is 3. The van der Waals surface area contributed by atoms with Crippen LogP contribution in [0.25, 0.3) is 16.9 Å². The minimum atomic E-state index is -1.78. The lowest BCUT2D eigenvalue weighted by molar-refractivity contribution is -0.124. The molecule has 1 aromatic carbocycles. The van der Waals surface area contributed by atoms with E-state index in [1.165, 1.54) is 36.4 Å². The number of nitrogens with one attached hydrogen (secondary N) is 1. The van der Waals surface area contributed by atoms with Gasteiger partial charge >= 0.3 is 0 Å². The first-order chi connectivity index (χ1) is 19.6.